The summed E-state index contributed by atoms with van der Waals surface area (Å²) in [5.41, 5.74) is 5.43. The highest BCUT2D eigenvalue weighted by molar-refractivity contribution is 5.42. The molecule has 0 aliphatic heterocycles. The normalized spacial score (nSPS) is 11.7. The van der Waals surface area contributed by atoms with E-state index in [-0.39, 0.29) is 0 Å². The van der Waals surface area contributed by atoms with Crippen molar-refractivity contribution < 1.29 is 13.2 Å². The van der Waals surface area contributed by atoms with E-state index in [2.05, 4.69) is 4.98 Å². The lowest BCUT2D eigenvalue weighted by atomic mass is 10.2. The maximum atomic E-state index is 12.3. The highest BCUT2D eigenvalue weighted by Gasteiger charge is 2.29. The molecule has 3 nitrogen and oxygen atoms in total. The quantitative estimate of drug-likeness (QED) is 0.813. The van der Waals surface area contributed by atoms with Gasteiger partial charge in [-0.2, -0.15) is 13.2 Å². The lowest BCUT2D eigenvalue weighted by Crippen LogP contribution is -2.05. The van der Waals surface area contributed by atoms with Crippen LogP contribution in [0.3, 0.4) is 0 Å². The predicted molar refractivity (Wildman–Crippen MR) is 53.0 cm³/mol. The van der Waals surface area contributed by atoms with Crippen LogP contribution in [0.15, 0.2) is 36.8 Å². The lowest BCUT2D eigenvalue weighted by Gasteiger charge is -2.08. The first kappa shape index (κ1) is 10.5. The highest BCUT2D eigenvalue weighted by Crippen LogP contribution is 2.29. The molecule has 84 valence electrons. The number of aromatic nitrogens is 2. The number of nitrogen functional groups attached to an aromatic ring is 1. The Bertz CT molecular complexity index is 485. The molecule has 0 fully saturated rings. The number of imidazole rings is 1. The van der Waals surface area contributed by atoms with Gasteiger partial charge >= 0.3 is 6.18 Å². The van der Waals surface area contributed by atoms with Crippen molar-refractivity contribution in [1.29, 1.82) is 0 Å². The van der Waals surface area contributed by atoms with Crippen LogP contribution in [0.4, 0.5) is 19.0 Å². The van der Waals surface area contributed by atoms with E-state index < -0.39 is 11.7 Å². The number of rotatable bonds is 1. The zero-order valence-electron chi connectivity index (χ0n) is 8.07. The molecule has 2 aromatic rings. The van der Waals surface area contributed by atoms with E-state index in [4.69, 9.17) is 5.73 Å². The van der Waals surface area contributed by atoms with Crippen LogP contribution < -0.4 is 5.73 Å². The van der Waals surface area contributed by atoms with Crippen molar-refractivity contribution in [3.8, 4) is 5.69 Å². The Morgan fingerprint density at radius 3 is 2.19 bits per heavy atom. The number of anilines is 1. The van der Waals surface area contributed by atoms with E-state index in [1.165, 1.54) is 29.2 Å². The fourth-order valence-corrected chi connectivity index (χ4v) is 1.33. The minimum absolute atomic E-state index is 0.375. The molecule has 1 aromatic carbocycles. The number of nitrogens with zero attached hydrogens (tertiary/aromatic N) is 2. The zero-order valence-corrected chi connectivity index (χ0v) is 8.07. The largest absolute Gasteiger partial charge is 0.416 e. The Labute approximate surface area is 89.3 Å². The zero-order chi connectivity index (χ0) is 11.8. The van der Waals surface area contributed by atoms with E-state index >= 15 is 0 Å². The van der Waals surface area contributed by atoms with Crippen LogP contribution in [0.2, 0.25) is 0 Å². The summed E-state index contributed by atoms with van der Waals surface area (Å²) in [7, 11) is 0. The van der Waals surface area contributed by atoms with Crippen molar-refractivity contribution >= 4 is 5.82 Å². The van der Waals surface area contributed by atoms with Crippen LogP contribution in [0.25, 0.3) is 5.69 Å². The van der Waals surface area contributed by atoms with Gasteiger partial charge in [-0.05, 0) is 24.3 Å². The van der Waals surface area contributed by atoms with Gasteiger partial charge < -0.3 is 5.73 Å². The second-order valence-corrected chi connectivity index (χ2v) is 3.23. The van der Waals surface area contributed by atoms with E-state index in [0.29, 0.717) is 11.5 Å². The summed E-state index contributed by atoms with van der Waals surface area (Å²) in [6.45, 7) is 0. The van der Waals surface area contributed by atoms with Gasteiger partial charge in [0.15, 0.2) is 0 Å². The Kier molecular flexibility index (Phi) is 2.34. The van der Waals surface area contributed by atoms with Crippen molar-refractivity contribution in [2.45, 2.75) is 6.18 Å². The first-order valence-corrected chi connectivity index (χ1v) is 4.44. The molecule has 0 bridgehead atoms. The molecule has 0 aliphatic rings. The highest BCUT2D eigenvalue weighted by atomic mass is 19.4. The molecule has 0 radical (unpaired) electrons. The molecule has 16 heavy (non-hydrogen) atoms. The Morgan fingerprint density at radius 1 is 1.12 bits per heavy atom. The number of nitrogens with two attached hydrogens (primary N) is 1. The van der Waals surface area contributed by atoms with Gasteiger partial charge in [-0.15, -0.1) is 0 Å². The van der Waals surface area contributed by atoms with Crippen molar-refractivity contribution in [2.75, 3.05) is 5.73 Å². The van der Waals surface area contributed by atoms with Crippen LogP contribution in [0, 0.1) is 0 Å². The molecule has 0 unspecified atom stereocenters. The molecular weight excluding hydrogens is 219 g/mol. The molecule has 0 amide bonds. The third-order valence-corrected chi connectivity index (χ3v) is 2.14. The Morgan fingerprint density at radius 2 is 1.75 bits per heavy atom. The van der Waals surface area contributed by atoms with Gasteiger partial charge in [-0.3, -0.25) is 4.57 Å². The molecule has 0 saturated carbocycles. The molecule has 0 atom stereocenters. The maximum absolute atomic E-state index is 12.3. The smallest absolute Gasteiger partial charge is 0.383 e. The van der Waals surface area contributed by atoms with E-state index in [9.17, 15) is 13.2 Å². The summed E-state index contributed by atoms with van der Waals surface area (Å²) in [6.07, 6.45) is -1.45. The van der Waals surface area contributed by atoms with E-state index in [0.717, 1.165) is 12.1 Å². The minimum atomic E-state index is -4.32. The number of benzene rings is 1. The van der Waals surface area contributed by atoms with Crippen molar-refractivity contribution in [2.24, 2.45) is 0 Å². The Hall–Kier alpha value is -1.98. The molecule has 6 heteroatoms. The summed E-state index contributed by atoms with van der Waals surface area (Å²) >= 11 is 0. The molecular formula is C10H8F3N3. The number of alkyl halides is 3. The number of hydrogen-bond acceptors (Lipinski definition) is 2. The lowest BCUT2D eigenvalue weighted by molar-refractivity contribution is -0.137. The van der Waals surface area contributed by atoms with Crippen LogP contribution in [-0.2, 0) is 6.18 Å². The van der Waals surface area contributed by atoms with Crippen molar-refractivity contribution in [1.82, 2.24) is 9.55 Å². The molecule has 2 N–H and O–H groups in total. The standard InChI is InChI=1S/C10H8F3N3/c11-10(12,13)7-1-3-8(4-2-7)16-6-15-5-9(16)14/h1-6H,14H2. The minimum Gasteiger partial charge on any atom is -0.383 e. The van der Waals surface area contributed by atoms with Crippen LogP contribution >= 0.6 is 0 Å². The van der Waals surface area contributed by atoms with Gasteiger partial charge in [-0.1, -0.05) is 0 Å². The number of halogens is 3. The second kappa shape index (κ2) is 3.55. The maximum Gasteiger partial charge on any atom is 0.416 e. The van der Waals surface area contributed by atoms with Gasteiger partial charge in [0.1, 0.15) is 12.1 Å². The van der Waals surface area contributed by atoms with E-state index in [1.807, 2.05) is 0 Å². The van der Waals surface area contributed by atoms with E-state index in [1.54, 1.807) is 0 Å². The van der Waals surface area contributed by atoms with Crippen LogP contribution in [0.5, 0.6) is 0 Å². The molecule has 0 aliphatic carbocycles. The fourth-order valence-electron chi connectivity index (χ4n) is 1.33. The van der Waals surface area contributed by atoms with Gasteiger partial charge in [0.2, 0.25) is 0 Å². The average Bonchev–Trinajstić information content (AvgIpc) is 2.63. The third-order valence-electron chi connectivity index (χ3n) is 2.14. The molecule has 1 heterocycles. The van der Waals surface area contributed by atoms with Crippen molar-refractivity contribution in [3.63, 3.8) is 0 Å². The van der Waals surface area contributed by atoms with Gasteiger partial charge in [0.05, 0.1) is 11.8 Å². The average molecular weight is 227 g/mol. The fraction of sp³-hybridized carbons (Fsp3) is 0.100. The number of hydrogen-bond donors (Lipinski definition) is 1. The third kappa shape index (κ3) is 1.86. The monoisotopic (exact) mass is 227 g/mol. The summed E-state index contributed by atoms with van der Waals surface area (Å²) in [6, 6.07) is 4.71. The SMILES string of the molecule is Nc1cncn1-c1ccc(C(F)(F)F)cc1. The first-order valence-electron chi connectivity index (χ1n) is 4.44. The summed E-state index contributed by atoms with van der Waals surface area (Å²) in [5.74, 6) is 0.375. The summed E-state index contributed by atoms with van der Waals surface area (Å²) in [5, 5.41) is 0. The van der Waals surface area contributed by atoms with Gasteiger partial charge in [-0.25, -0.2) is 4.98 Å². The first-order chi connectivity index (χ1) is 7.48. The topological polar surface area (TPSA) is 43.8 Å². The second-order valence-electron chi connectivity index (χ2n) is 3.23. The van der Waals surface area contributed by atoms with Gasteiger partial charge in [0.25, 0.3) is 0 Å². The molecule has 2 rings (SSSR count). The summed E-state index contributed by atoms with van der Waals surface area (Å²) < 4.78 is 38.4. The summed E-state index contributed by atoms with van der Waals surface area (Å²) in [4.78, 5) is 3.79. The van der Waals surface area contributed by atoms with Crippen molar-refractivity contribution in [3.05, 3.63) is 42.4 Å². The molecule has 1 aromatic heterocycles. The molecule has 0 spiro atoms. The Balaban J connectivity index is 2.37. The van der Waals surface area contributed by atoms with Crippen LogP contribution in [0.1, 0.15) is 5.56 Å². The van der Waals surface area contributed by atoms with Gasteiger partial charge in [0, 0.05) is 5.69 Å². The molecule has 0 saturated heterocycles. The predicted octanol–water partition coefficient (Wildman–Crippen LogP) is 2.47. The van der Waals surface area contributed by atoms with Crippen LogP contribution in [-0.4, -0.2) is 9.55 Å².